The van der Waals surface area contributed by atoms with Gasteiger partial charge in [-0.25, -0.2) is 9.18 Å². The molecule has 0 heterocycles. The first-order chi connectivity index (χ1) is 7.06. The molecule has 1 unspecified atom stereocenters. The van der Waals surface area contributed by atoms with Crippen LogP contribution in [0.3, 0.4) is 0 Å². The highest BCUT2D eigenvalue weighted by atomic mass is 79.9. The van der Waals surface area contributed by atoms with E-state index in [1.165, 1.54) is 0 Å². The summed E-state index contributed by atoms with van der Waals surface area (Å²) >= 11 is 3.48. The van der Waals surface area contributed by atoms with Gasteiger partial charge in [-0.3, -0.25) is 0 Å². The largest absolute Gasteiger partial charge is 0.462 e. The van der Waals surface area contributed by atoms with Gasteiger partial charge in [-0.05, 0) is 35.0 Å². The molecule has 1 rings (SSSR count). The number of carbonyl (C=O) groups excluding carboxylic acids is 1. The Kier molecular flexibility index (Phi) is 4.60. The number of benzene rings is 1. The molecule has 82 valence electrons. The van der Waals surface area contributed by atoms with Crippen LogP contribution >= 0.6 is 27.7 Å². The summed E-state index contributed by atoms with van der Waals surface area (Å²) in [6, 6.07) is 8.81. The normalized spacial score (nSPS) is 14.3. The molecule has 0 aliphatic carbocycles. The molecule has 1 atom stereocenters. The van der Waals surface area contributed by atoms with E-state index in [9.17, 15) is 9.18 Å². The predicted molar refractivity (Wildman–Crippen MR) is 61.7 cm³/mol. The third-order valence-electron chi connectivity index (χ3n) is 1.50. The molecule has 0 saturated heterocycles. The average molecular weight is 293 g/mol. The van der Waals surface area contributed by atoms with Crippen molar-refractivity contribution in [2.75, 3.05) is 6.61 Å². The lowest BCUT2D eigenvalue weighted by atomic mass is 10.4. The number of esters is 1. The van der Waals surface area contributed by atoms with Gasteiger partial charge in [-0.1, -0.05) is 30.0 Å². The minimum atomic E-state index is -2.22. The highest BCUT2D eigenvalue weighted by Gasteiger charge is 2.38. The molecule has 1 aromatic rings. The number of rotatable bonds is 4. The van der Waals surface area contributed by atoms with Crippen molar-refractivity contribution in [2.45, 2.75) is 15.7 Å². The van der Waals surface area contributed by atoms with Crippen molar-refractivity contribution in [3.05, 3.63) is 30.3 Å². The number of halogens is 2. The molecular formula is C10H10BrFO2S. The first kappa shape index (κ1) is 12.5. The van der Waals surface area contributed by atoms with Crippen molar-refractivity contribution >= 4 is 33.7 Å². The van der Waals surface area contributed by atoms with Crippen molar-refractivity contribution in [2.24, 2.45) is 0 Å². The maximum atomic E-state index is 13.8. The molecule has 0 N–H and O–H groups in total. The molecule has 0 radical (unpaired) electrons. The van der Waals surface area contributed by atoms with Gasteiger partial charge >= 0.3 is 9.88 Å². The van der Waals surface area contributed by atoms with Crippen LogP contribution in [0, 0.1) is 0 Å². The number of carbonyl (C=O) groups is 1. The van der Waals surface area contributed by atoms with Crippen LogP contribution in [-0.4, -0.2) is 16.5 Å². The molecule has 0 spiro atoms. The second-order valence-corrected chi connectivity index (χ2v) is 5.51. The van der Waals surface area contributed by atoms with Gasteiger partial charge in [0.2, 0.25) is 0 Å². The Hall–Kier alpha value is -0.550. The Labute approximate surface area is 100 Å². The second-order valence-electron chi connectivity index (χ2n) is 2.65. The quantitative estimate of drug-likeness (QED) is 0.484. The molecule has 0 fully saturated rings. The summed E-state index contributed by atoms with van der Waals surface area (Å²) in [5.74, 6) is -0.918. The van der Waals surface area contributed by atoms with Crippen LogP contribution in [0.4, 0.5) is 4.39 Å². The smallest absolute Gasteiger partial charge is 0.366 e. The van der Waals surface area contributed by atoms with Gasteiger partial charge in [0.15, 0.2) is 0 Å². The summed E-state index contributed by atoms with van der Waals surface area (Å²) in [4.78, 5) is 11.9. The van der Waals surface area contributed by atoms with E-state index in [0.29, 0.717) is 4.90 Å². The van der Waals surface area contributed by atoms with Crippen molar-refractivity contribution in [1.82, 2.24) is 0 Å². The minimum Gasteiger partial charge on any atom is -0.462 e. The molecule has 5 heteroatoms. The van der Waals surface area contributed by atoms with E-state index < -0.39 is 9.88 Å². The highest BCUT2D eigenvalue weighted by Crippen LogP contribution is 2.40. The number of thioether (sulfide) groups is 1. The number of ether oxygens (including phenoxy) is 1. The third-order valence-corrected chi connectivity index (χ3v) is 3.24. The number of hydrogen-bond acceptors (Lipinski definition) is 3. The first-order valence-electron chi connectivity index (χ1n) is 4.35. The van der Waals surface area contributed by atoms with Crippen molar-refractivity contribution in [3.8, 4) is 0 Å². The van der Waals surface area contributed by atoms with E-state index in [1.807, 2.05) is 6.07 Å². The van der Waals surface area contributed by atoms with E-state index in [0.717, 1.165) is 11.8 Å². The van der Waals surface area contributed by atoms with Gasteiger partial charge in [-0.15, -0.1) is 0 Å². The first-order valence-corrected chi connectivity index (χ1v) is 5.96. The summed E-state index contributed by atoms with van der Waals surface area (Å²) in [7, 11) is 0. The molecule has 0 amide bonds. The monoisotopic (exact) mass is 292 g/mol. The lowest BCUT2D eigenvalue weighted by molar-refractivity contribution is -0.146. The van der Waals surface area contributed by atoms with Crippen LogP contribution in [0.1, 0.15) is 6.92 Å². The summed E-state index contributed by atoms with van der Waals surface area (Å²) in [6.07, 6.45) is 0. The SMILES string of the molecule is CCOC(=O)C(F)(Br)Sc1ccccc1. The zero-order chi connectivity index (χ0) is 11.3. The van der Waals surface area contributed by atoms with Gasteiger partial charge < -0.3 is 4.74 Å². The zero-order valence-corrected chi connectivity index (χ0v) is 10.5. The van der Waals surface area contributed by atoms with Gasteiger partial charge in [0.05, 0.1) is 6.61 Å². The van der Waals surface area contributed by atoms with Crippen LogP contribution in [0.25, 0.3) is 0 Å². The molecule has 0 bridgehead atoms. The summed E-state index contributed by atoms with van der Waals surface area (Å²) < 4.78 is 16.1. The van der Waals surface area contributed by atoms with E-state index in [1.54, 1.807) is 31.2 Å². The molecule has 0 aliphatic rings. The minimum absolute atomic E-state index is 0.158. The fraction of sp³-hybridized carbons (Fsp3) is 0.300. The molecule has 15 heavy (non-hydrogen) atoms. The summed E-state index contributed by atoms with van der Waals surface area (Å²) in [6.45, 7) is 1.79. The van der Waals surface area contributed by atoms with Gasteiger partial charge in [0.1, 0.15) is 0 Å². The zero-order valence-electron chi connectivity index (χ0n) is 8.07. The molecule has 2 nitrogen and oxygen atoms in total. The summed E-state index contributed by atoms with van der Waals surface area (Å²) in [5, 5.41) is 0. The number of hydrogen-bond donors (Lipinski definition) is 0. The van der Waals surface area contributed by atoms with Gasteiger partial charge in [0, 0.05) is 4.90 Å². The van der Waals surface area contributed by atoms with Crippen molar-refractivity contribution in [3.63, 3.8) is 0 Å². The molecule has 1 aromatic carbocycles. The van der Waals surface area contributed by atoms with E-state index in [4.69, 9.17) is 0 Å². The summed E-state index contributed by atoms with van der Waals surface area (Å²) in [5.41, 5.74) is 0. The molecular weight excluding hydrogens is 283 g/mol. The lowest BCUT2D eigenvalue weighted by Gasteiger charge is -2.15. The Morgan fingerprint density at radius 3 is 2.67 bits per heavy atom. The van der Waals surface area contributed by atoms with Crippen LogP contribution in [0.2, 0.25) is 0 Å². The van der Waals surface area contributed by atoms with Gasteiger partial charge in [0.25, 0.3) is 0 Å². The second kappa shape index (κ2) is 5.51. The Bertz CT molecular complexity index is 329. The maximum absolute atomic E-state index is 13.8. The molecule has 0 aliphatic heterocycles. The molecule has 0 saturated carbocycles. The fourth-order valence-corrected chi connectivity index (χ4v) is 2.30. The van der Waals surface area contributed by atoms with Crippen LogP contribution < -0.4 is 0 Å². The topological polar surface area (TPSA) is 26.3 Å². The van der Waals surface area contributed by atoms with Gasteiger partial charge in [-0.2, -0.15) is 0 Å². The Morgan fingerprint density at radius 1 is 1.53 bits per heavy atom. The lowest BCUT2D eigenvalue weighted by Crippen LogP contribution is -2.25. The van der Waals surface area contributed by atoms with Crippen molar-refractivity contribution in [1.29, 1.82) is 0 Å². The van der Waals surface area contributed by atoms with Crippen LogP contribution in [0.5, 0.6) is 0 Å². The number of alkyl halides is 2. The average Bonchev–Trinajstić information content (AvgIpc) is 2.19. The van der Waals surface area contributed by atoms with E-state index >= 15 is 0 Å². The third kappa shape index (κ3) is 3.83. The Balaban J connectivity index is 2.68. The maximum Gasteiger partial charge on any atom is 0.366 e. The molecule has 0 aromatic heterocycles. The highest BCUT2D eigenvalue weighted by molar-refractivity contribution is 9.12. The van der Waals surface area contributed by atoms with E-state index in [-0.39, 0.29) is 6.61 Å². The van der Waals surface area contributed by atoms with E-state index in [2.05, 4.69) is 20.7 Å². The standard InChI is InChI=1S/C10H10BrFO2S/c1-2-14-9(13)10(11,12)15-8-6-4-3-5-7-8/h3-7H,2H2,1H3. The van der Waals surface area contributed by atoms with Crippen LogP contribution in [-0.2, 0) is 9.53 Å². The van der Waals surface area contributed by atoms with Crippen LogP contribution in [0.15, 0.2) is 35.2 Å². The predicted octanol–water partition coefficient (Wildman–Crippen LogP) is 3.36. The fourth-order valence-electron chi connectivity index (χ4n) is 0.893. The Morgan fingerprint density at radius 2 is 2.13 bits per heavy atom. The van der Waals surface area contributed by atoms with Crippen molar-refractivity contribution < 1.29 is 13.9 Å².